The molecule has 1 saturated heterocycles. The summed E-state index contributed by atoms with van der Waals surface area (Å²) in [5.74, 6) is 0.719. The minimum Gasteiger partial charge on any atom is -0.354 e. The van der Waals surface area contributed by atoms with Gasteiger partial charge >= 0.3 is 0 Å². The van der Waals surface area contributed by atoms with Gasteiger partial charge in [0, 0.05) is 49.2 Å². The van der Waals surface area contributed by atoms with E-state index in [2.05, 4.69) is 57.7 Å². The van der Waals surface area contributed by atoms with Gasteiger partial charge in [-0.25, -0.2) is 9.37 Å². The third-order valence-electron chi connectivity index (χ3n) is 5.89. The SMILES string of the molecule is Fc1ccc(-c2ccc(N3CCN[C@@H](Cc4ccccc4)C3)nc2-c2ccncc2)cc1. The summed E-state index contributed by atoms with van der Waals surface area (Å²) >= 11 is 0. The number of halogens is 1. The molecule has 3 heterocycles. The molecule has 1 fully saturated rings. The van der Waals surface area contributed by atoms with Gasteiger partial charge in [0.15, 0.2) is 0 Å². The molecule has 5 heteroatoms. The van der Waals surface area contributed by atoms with Gasteiger partial charge in [-0.3, -0.25) is 4.98 Å². The first-order chi connectivity index (χ1) is 15.8. The second-order valence-corrected chi connectivity index (χ2v) is 8.10. The van der Waals surface area contributed by atoms with Crippen molar-refractivity contribution in [2.75, 3.05) is 24.5 Å². The summed E-state index contributed by atoms with van der Waals surface area (Å²) in [4.78, 5) is 11.6. The predicted octanol–water partition coefficient (Wildman–Crippen LogP) is 4.97. The van der Waals surface area contributed by atoms with Gasteiger partial charge in [-0.15, -0.1) is 0 Å². The number of hydrogen-bond acceptors (Lipinski definition) is 4. The van der Waals surface area contributed by atoms with E-state index in [0.29, 0.717) is 6.04 Å². The van der Waals surface area contributed by atoms with Crippen LogP contribution in [-0.4, -0.2) is 35.6 Å². The Balaban J connectivity index is 1.46. The first kappa shape index (κ1) is 20.3. The number of nitrogens with one attached hydrogen (secondary N) is 1. The van der Waals surface area contributed by atoms with Gasteiger partial charge in [0.25, 0.3) is 0 Å². The number of piperazine rings is 1. The van der Waals surface area contributed by atoms with Gasteiger partial charge in [0.1, 0.15) is 11.6 Å². The summed E-state index contributed by atoms with van der Waals surface area (Å²) in [5.41, 5.74) is 5.14. The highest BCUT2D eigenvalue weighted by Crippen LogP contribution is 2.32. The zero-order valence-electron chi connectivity index (χ0n) is 17.8. The van der Waals surface area contributed by atoms with Crippen molar-refractivity contribution in [1.82, 2.24) is 15.3 Å². The Kier molecular flexibility index (Phi) is 5.90. The Hall–Kier alpha value is -3.57. The van der Waals surface area contributed by atoms with Crippen LogP contribution < -0.4 is 10.2 Å². The summed E-state index contributed by atoms with van der Waals surface area (Å²) in [5, 5.41) is 3.64. The number of anilines is 1. The molecule has 0 unspecified atom stereocenters. The predicted molar refractivity (Wildman–Crippen MR) is 127 cm³/mol. The first-order valence-corrected chi connectivity index (χ1v) is 11.0. The normalized spacial score (nSPS) is 16.2. The zero-order chi connectivity index (χ0) is 21.8. The van der Waals surface area contributed by atoms with Crippen molar-refractivity contribution in [2.45, 2.75) is 12.5 Å². The van der Waals surface area contributed by atoms with Crippen LogP contribution in [0.3, 0.4) is 0 Å². The van der Waals surface area contributed by atoms with Crippen LogP contribution in [0.1, 0.15) is 5.56 Å². The second-order valence-electron chi connectivity index (χ2n) is 8.10. The molecule has 1 atom stereocenters. The number of aromatic nitrogens is 2. The third kappa shape index (κ3) is 4.53. The van der Waals surface area contributed by atoms with Crippen molar-refractivity contribution >= 4 is 5.82 Å². The van der Waals surface area contributed by atoms with Crippen LogP contribution in [0.25, 0.3) is 22.4 Å². The molecule has 0 bridgehead atoms. The molecule has 160 valence electrons. The maximum atomic E-state index is 13.5. The highest BCUT2D eigenvalue weighted by Gasteiger charge is 2.22. The Labute approximate surface area is 187 Å². The van der Waals surface area contributed by atoms with Crippen LogP contribution in [0.5, 0.6) is 0 Å². The average molecular weight is 425 g/mol. The Morgan fingerprint density at radius 1 is 0.875 bits per heavy atom. The number of pyridine rings is 2. The fourth-order valence-corrected chi connectivity index (χ4v) is 4.29. The van der Waals surface area contributed by atoms with E-state index in [0.717, 1.165) is 54.3 Å². The maximum Gasteiger partial charge on any atom is 0.129 e. The van der Waals surface area contributed by atoms with Gasteiger partial charge in [0.2, 0.25) is 0 Å². The Bertz CT molecular complexity index is 1160. The van der Waals surface area contributed by atoms with Crippen LogP contribution in [0.2, 0.25) is 0 Å². The van der Waals surface area contributed by atoms with Crippen molar-refractivity contribution in [2.24, 2.45) is 0 Å². The number of benzene rings is 2. The smallest absolute Gasteiger partial charge is 0.129 e. The minimum absolute atomic E-state index is 0.242. The van der Waals surface area contributed by atoms with Crippen molar-refractivity contribution < 1.29 is 4.39 Å². The fourth-order valence-electron chi connectivity index (χ4n) is 4.29. The van der Waals surface area contributed by atoms with Crippen LogP contribution in [0.4, 0.5) is 10.2 Å². The molecule has 0 saturated carbocycles. The average Bonchev–Trinajstić information content (AvgIpc) is 2.86. The molecule has 32 heavy (non-hydrogen) atoms. The van der Waals surface area contributed by atoms with E-state index in [1.165, 1.54) is 17.7 Å². The van der Waals surface area contributed by atoms with E-state index >= 15 is 0 Å². The van der Waals surface area contributed by atoms with Crippen molar-refractivity contribution in [3.05, 3.63) is 103 Å². The van der Waals surface area contributed by atoms with Gasteiger partial charge in [-0.1, -0.05) is 42.5 Å². The molecule has 4 nitrogen and oxygen atoms in total. The molecular formula is C27H25FN4. The van der Waals surface area contributed by atoms with Gasteiger partial charge in [-0.05, 0) is 53.9 Å². The van der Waals surface area contributed by atoms with Gasteiger partial charge < -0.3 is 10.2 Å². The largest absolute Gasteiger partial charge is 0.354 e. The lowest BCUT2D eigenvalue weighted by atomic mass is 9.99. The molecule has 0 radical (unpaired) electrons. The molecular weight excluding hydrogens is 399 g/mol. The zero-order valence-corrected chi connectivity index (χ0v) is 17.8. The molecule has 4 aromatic rings. The molecule has 0 amide bonds. The van der Waals surface area contributed by atoms with Crippen molar-refractivity contribution in [3.63, 3.8) is 0 Å². The lowest BCUT2D eigenvalue weighted by molar-refractivity contribution is 0.453. The summed E-state index contributed by atoms with van der Waals surface area (Å²) in [6.45, 7) is 2.72. The molecule has 1 N–H and O–H groups in total. The third-order valence-corrected chi connectivity index (χ3v) is 5.89. The number of nitrogens with zero attached hydrogens (tertiary/aromatic N) is 3. The fraction of sp³-hybridized carbons (Fsp3) is 0.185. The molecule has 2 aromatic carbocycles. The minimum atomic E-state index is -0.242. The van der Waals surface area contributed by atoms with E-state index < -0.39 is 0 Å². The first-order valence-electron chi connectivity index (χ1n) is 11.0. The molecule has 0 aliphatic carbocycles. The number of hydrogen-bond donors (Lipinski definition) is 1. The van der Waals surface area contributed by atoms with E-state index in [1.807, 2.05) is 12.1 Å². The number of rotatable bonds is 5. The quantitative estimate of drug-likeness (QED) is 0.491. The molecule has 1 aliphatic rings. The lowest BCUT2D eigenvalue weighted by Crippen LogP contribution is -2.52. The van der Waals surface area contributed by atoms with Crippen molar-refractivity contribution in [3.8, 4) is 22.4 Å². The summed E-state index contributed by atoms with van der Waals surface area (Å²) in [7, 11) is 0. The van der Waals surface area contributed by atoms with Crippen LogP contribution >= 0.6 is 0 Å². The van der Waals surface area contributed by atoms with Crippen LogP contribution in [-0.2, 0) is 6.42 Å². The van der Waals surface area contributed by atoms with E-state index in [-0.39, 0.29) is 5.82 Å². The molecule has 5 rings (SSSR count). The van der Waals surface area contributed by atoms with E-state index in [9.17, 15) is 4.39 Å². The monoisotopic (exact) mass is 424 g/mol. The molecule has 2 aromatic heterocycles. The topological polar surface area (TPSA) is 41.0 Å². The Morgan fingerprint density at radius 2 is 1.66 bits per heavy atom. The van der Waals surface area contributed by atoms with E-state index in [1.54, 1.807) is 24.5 Å². The summed E-state index contributed by atoms with van der Waals surface area (Å²) in [6, 6.07) is 25.7. The molecule has 1 aliphatic heterocycles. The second kappa shape index (κ2) is 9.28. The Morgan fingerprint density at radius 3 is 2.44 bits per heavy atom. The highest BCUT2D eigenvalue weighted by molar-refractivity contribution is 5.81. The van der Waals surface area contributed by atoms with E-state index in [4.69, 9.17) is 4.98 Å². The molecule has 0 spiro atoms. The summed E-state index contributed by atoms with van der Waals surface area (Å²) < 4.78 is 13.5. The van der Waals surface area contributed by atoms with Crippen LogP contribution in [0.15, 0.2) is 91.3 Å². The van der Waals surface area contributed by atoms with Crippen LogP contribution in [0, 0.1) is 5.82 Å². The van der Waals surface area contributed by atoms with Gasteiger partial charge in [0.05, 0.1) is 5.69 Å². The maximum absolute atomic E-state index is 13.5. The standard InChI is InChI=1S/C27H25FN4/c28-23-8-6-21(7-9-23)25-10-11-26(31-27(25)22-12-14-29-15-13-22)32-17-16-30-24(19-32)18-20-4-2-1-3-5-20/h1-15,24,30H,16-19H2/t24-/m0/s1. The highest BCUT2D eigenvalue weighted by atomic mass is 19.1. The lowest BCUT2D eigenvalue weighted by Gasteiger charge is -2.35. The van der Waals surface area contributed by atoms with Gasteiger partial charge in [-0.2, -0.15) is 0 Å². The summed E-state index contributed by atoms with van der Waals surface area (Å²) in [6.07, 6.45) is 4.54. The van der Waals surface area contributed by atoms with Crippen molar-refractivity contribution in [1.29, 1.82) is 0 Å².